The normalized spacial score (nSPS) is 16.6. The summed E-state index contributed by atoms with van der Waals surface area (Å²) in [4.78, 5) is 28.4. The lowest BCUT2D eigenvalue weighted by molar-refractivity contribution is 0.0678. The third-order valence-corrected chi connectivity index (χ3v) is 3.30. The van der Waals surface area contributed by atoms with E-state index >= 15 is 0 Å². The van der Waals surface area contributed by atoms with Gasteiger partial charge in [-0.05, 0) is 30.9 Å². The van der Waals surface area contributed by atoms with Crippen LogP contribution in [-0.4, -0.2) is 40.0 Å². The van der Waals surface area contributed by atoms with Gasteiger partial charge >= 0.3 is 5.97 Å². The van der Waals surface area contributed by atoms with Gasteiger partial charge in [0, 0.05) is 19.3 Å². The van der Waals surface area contributed by atoms with Gasteiger partial charge in [0.1, 0.15) is 5.69 Å². The summed E-state index contributed by atoms with van der Waals surface area (Å²) in [6, 6.07) is 2.89. The standard InChI is InChI=1S/C13H16N2O3/c1-9-4-6-15(7-5-9)12(16)10-2-3-11(13(17)18)14-8-10/h2-3,8-9H,4-7H2,1H3,(H,17,18). The molecule has 0 aliphatic carbocycles. The highest BCUT2D eigenvalue weighted by Gasteiger charge is 2.21. The Labute approximate surface area is 105 Å². The van der Waals surface area contributed by atoms with Crippen LogP contribution in [0.1, 0.15) is 40.6 Å². The molecule has 18 heavy (non-hydrogen) atoms. The summed E-state index contributed by atoms with van der Waals surface area (Å²) in [5.41, 5.74) is 0.411. The number of pyridine rings is 1. The monoisotopic (exact) mass is 248 g/mol. The molecule has 0 unspecified atom stereocenters. The molecule has 0 spiro atoms. The number of carbonyl (C=O) groups excluding carboxylic acids is 1. The number of nitrogens with zero attached hydrogens (tertiary/aromatic N) is 2. The lowest BCUT2D eigenvalue weighted by atomic mass is 9.99. The van der Waals surface area contributed by atoms with Gasteiger partial charge in [-0.3, -0.25) is 4.79 Å². The number of piperidine rings is 1. The molecule has 1 amide bonds. The zero-order valence-corrected chi connectivity index (χ0v) is 10.3. The third kappa shape index (κ3) is 2.67. The molecular weight excluding hydrogens is 232 g/mol. The molecule has 0 radical (unpaired) electrons. The van der Waals surface area contributed by atoms with Crippen molar-refractivity contribution in [2.75, 3.05) is 13.1 Å². The van der Waals surface area contributed by atoms with Crippen LogP contribution < -0.4 is 0 Å². The SMILES string of the molecule is CC1CCN(C(=O)c2ccc(C(=O)O)nc2)CC1. The van der Waals surface area contributed by atoms with Gasteiger partial charge < -0.3 is 10.0 Å². The number of carbonyl (C=O) groups is 2. The Balaban J connectivity index is 2.07. The van der Waals surface area contributed by atoms with Gasteiger partial charge in [0.05, 0.1) is 5.56 Å². The first-order valence-electron chi connectivity index (χ1n) is 6.06. The van der Waals surface area contributed by atoms with E-state index in [0.717, 1.165) is 25.9 Å². The minimum absolute atomic E-state index is 0.0428. The fraction of sp³-hybridized carbons (Fsp3) is 0.462. The van der Waals surface area contributed by atoms with Crippen LogP contribution in [0, 0.1) is 5.92 Å². The van der Waals surface area contributed by atoms with Gasteiger partial charge in [0.25, 0.3) is 5.91 Å². The van der Waals surface area contributed by atoms with Crippen molar-refractivity contribution in [2.45, 2.75) is 19.8 Å². The fourth-order valence-corrected chi connectivity index (χ4v) is 2.04. The minimum atomic E-state index is -1.08. The Morgan fingerprint density at radius 1 is 1.33 bits per heavy atom. The molecule has 96 valence electrons. The second-order valence-corrected chi connectivity index (χ2v) is 4.71. The van der Waals surface area contributed by atoms with E-state index in [0.29, 0.717) is 11.5 Å². The Morgan fingerprint density at radius 3 is 2.50 bits per heavy atom. The van der Waals surface area contributed by atoms with Crippen LogP contribution in [-0.2, 0) is 0 Å². The maximum Gasteiger partial charge on any atom is 0.354 e. The quantitative estimate of drug-likeness (QED) is 0.864. The number of aromatic carboxylic acids is 1. The van der Waals surface area contributed by atoms with E-state index in [9.17, 15) is 9.59 Å². The Morgan fingerprint density at radius 2 is 2.00 bits per heavy atom. The highest BCUT2D eigenvalue weighted by atomic mass is 16.4. The van der Waals surface area contributed by atoms with Crippen molar-refractivity contribution in [3.8, 4) is 0 Å². The van der Waals surface area contributed by atoms with E-state index in [2.05, 4.69) is 11.9 Å². The zero-order chi connectivity index (χ0) is 13.1. The Kier molecular flexibility index (Phi) is 3.60. The van der Waals surface area contributed by atoms with Crippen LogP contribution in [0.2, 0.25) is 0 Å². The molecule has 1 aliphatic heterocycles. The maximum atomic E-state index is 12.1. The number of likely N-dealkylation sites (tertiary alicyclic amines) is 1. The summed E-state index contributed by atoms with van der Waals surface area (Å²) in [6.07, 6.45) is 3.38. The highest BCUT2D eigenvalue weighted by molar-refractivity contribution is 5.94. The predicted octanol–water partition coefficient (Wildman–Crippen LogP) is 1.65. The topological polar surface area (TPSA) is 70.5 Å². The van der Waals surface area contributed by atoms with E-state index in [1.54, 1.807) is 4.90 Å². The summed E-state index contributed by atoms with van der Waals surface area (Å²) in [7, 11) is 0. The van der Waals surface area contributed by atoms with Gasteiger partial charge in [0.2, 0.25) is 0 Å². The second kappa shape index (κ2) is 5.16. The van der Waals surface area contributed by atoms with Gasteiger partial charge in [0.15, 0.2) is 0 Å². The van der Waals surface area contributed by atoms with Crippen molar-refractivity contribution in [1.29, 1.82) is 0 Å². The number of aromatic nitrogens is 1. The number of carboxylic acids is 1. The zero-order valence-electron chi connectivity index (χ0n) is 10.3. The van der Waals surface area contributed by atoms with E-state index in [1.807, 2.05) is 0 Å². The Bertz CT molecular complexity index is 448. The predicted molar refractivity (Wildman–Crippen MR) is 65.5 cm³/mol. The number of hydrogen-bond acceptors (Lipinski definition) is 3. The summed E-state index contributed by atoms with van der Waals surface area (Å²) < 4.78 is 0. The van der Waals surface area contributed by atoms with Crippen LogP contribution in [0.4, 0.5) is 0 Å². The molecule has 0 saturated carbocycles. The van der Waals surface area contributed by atoms with E-state index < -0.39 is 5.97 Å². The molecule has 1 aromatic rings. The molecule has 5 heteroatoms. The first-order valence-corrected chi connectivity index (χ1v) is 6.06. The summed E-state index contributed by atoms with van der Waals surface area (Å²) in [5, 5.41) is 8.73. The van der Waals surface area contributed by atoms with Gasteiger partial charge in [-0.2, -0.15) is 0 Å². The largest absolute Gasteiger partial charge is 0.477 e. The van der Waals surface area contributed by atoms with Crippen molar-refractivity contribution in [3.63, 3.8) is 0 Å². The number of rotatable bonds is 2. The lowest BCUT2D eigenvalue weighted by Crippen LogP contribution is -2.37. The van der Waals surface area contributed by atoms with Crippen LogP contribution in [0.5, 0.6) is 0 Å². The number of amides is 1. The van der Waals surface area contributed by atoms with Crippen molar-refractivity contribution in [3.05, 3.63) is 29.6 Å². The van der Waals surface area contributed by atoms with E-state index in [-0.39, 0.29) is 11.6 Å². The molecule has 0 bridgehead atoms. The molecule has 2 heterocycles. The minimum Gasteiger partial charge on any atom is -0.477 e. The van der Waals surface area contributed by atoms with E-state index in [4.69, 9.17) is 5.11 Å². The van der Waals surface area contributed by atoms with Crippen LogP contribution in [0.3, 0.4) is 0 Å². The van der Waals surface area contributed by atoms with Crippen LogP contribution in [0.25, 0.3) is 0 Å². The average molecular weight is 248 g/mol. The molecule has 1 saturated heterocycles. The summed E-state index contributed by atoms with van der Waals surface area (Å²) in [5.74, 6) is -0.478. The van der Waals surface area contributed by atoms with Crippen molar-refractivity contribution in [1.82, 2.24) is 9.88 Å². The van der Waals surface area contributed by atoms with Gasteiger partial charge in [-0.15, -0.1) is 0 Å². The molecule has 2 rings (SSSR count). The number of hydrogen-bond donors (Lipinski definition) is 1. The fourth-order valence-electron chi connectivity index (χ4n) is 2.04. The molecule has 5 nitrogen and oxygen atoms in total. The first-order chi connectivity index (χ1) is 8.58. The molecule has 1 aromatic heterocycles. The summed E-state index contributed by atoms with van der Waals surface area (Å²) >= 11 is 0. The van der Waals surface area contributed by atoms with Crippen LogP contribution >= 0.6 is 0 Å². The average Bonchev–Trinajstić information content (AvgIpc) is 2.39. The van der Waals surface area contributed by atoms with Gasteiger partial charge in [-0.1, -0.05) is 6.92 Å². The van der Waals surface area contributed by atoms with Crippen molar-refractivity contribution in [2.24, 2.45) is 5.92 Å². The first kappa shape index (κ1) is 12.5. The molecule has 1 fully saturated rings. The van der Waals surface area contributed by atoms with Crippen molar-refractivity contribution < 1.29 is 14.7 Å². The summed E-state index contributed by atoms with van der Waals surface area (Å²) in [6.45, 7) is 3.71. The van der Waals surface area contributed by atoms with Crippen LogP contribution in [0.15, 0.2) is 18.3 Å². The number of carboxylic acid groups (broad SMARTS) is 1. The molecule has 1 aliphatic rings. The molecular formula is C13H16N2O3. The third-order valence-electron chi connectivity index (χ3n) is 3.30. The lowest BCUT2D eigenvalue weighted by Gasteiger charge is -2.30. The van der Waals surface area contributed by atoms with Gasteiger partial charge in [-0.25, -0.2) is 9.78 Å². The molecule has 0 aromatic carbocycles. The molecule has 0 atom stereocenters. The van der Waals surface area contributed by atoms with E-state index in [1.165, 1.54) is 18.3 Å². The smallest absolute Gasteiger partial charge is 0.354 e. The highest BCUT2D eigenvalue weighted by Crippen LogP contribution is 2.18. The maximum absolute atomic E-state index is 12.1. The van der Waals surface area contributed by atoms with Crippen molar-refractivity contribution >= 4 is 11.9 Å². The second-order valence-electron chi connectivity index (χ2n) is 4.71. The Hall–Kier alpha value is -1.91. The molecule has 1 N–H and O–H groups in total.